The molecule has 3 N–H and O–H groups in total. The Kier molecular flexibility index (Phi) is 2.50. The van der Waals surface area contributed by atoms with E-state index in [1.807, 2.05) is 32.0 Å². The minimum absolute atomic E-state index is 0.726. The van der Waals surface area contributed by atoms with Crippen LogP contribution < -0.4 is 11.3 Å². The highest BCUT2D eigenvalue weighted by atomic mass is 35.5. The van der Waals surface area contributed by atoms with E-state index in [4.69, 9.17) is 17.4 Å². The number of anilines is 1. The first-order chi connectivity index (χ1) is 7.13. The van der Waals surface area contributed by atoms with E-state index < -0.39 is 0 Å². The number of rotatable bonds is 1. The Labute approximate surface area is 93.2 Å². The summed E-state index contributed by atoms with van der Waals surface area (Å²) in [6.45, 7) is 3.89. The molecule has 2 aromatic rings. The van der Waals surface area contributed by atoms with Crippen molar-refractivity contribution in [3.8, 4) is 0 Å². The zero-order chi connectivity index (χ0) is 11.0. The van der Waals surface area contributed by atoms with Crippen LogP contribution in [-0.4, -0.2) is 4.98 Å². The number of fused-ring (bicyclic) bond motifs is 1. The summed E-state index contributed by atoms with van der Waals surface area (Å²) in [6, 6.07) is 5.69. The van der Waals surface area contributed by atoms with Crippen LogP contribution in [-0.2, 0) is 0 Å². The maximum absolute atomic E-state index is 6.04. The van der Waals surface area contributed by atoms with Crippen LogP contribution in [0.5, 0.6) is 0 Å². The Hall–Kier alpha value is -1.32. The molecule has 0 saturated heterocycles. The number of hydrogen-bond donors (Lipinski definition) is 2. The van der Waals surface area contributed by atoms with Gasteiger partial charge in [0.15, 0.2) is 0 Å². The zero-order valence-corrected chi connectivity index (χ0v) is 9.39. The molecule has 0 spiro atoms. The van der Waals surface area contributed by atoms with Crippen LogP contribution in [0.2, 0.25) is 5.02 Å². The van der Waals surface area contributed by atoms with Gasteiger partial charge in [0.25, 0.3) is 0 Å². The molecule has 1 aromatic heterocycles. The van der Waals surface area contributed by atoms with Gasteiger partial charge in [0.2, 0.25) is 0 Å². The van der Waals surface area contributed by atoms with Crippen LogP contribution in [0.15, 0.2) is 18.2 Å². The van der Waals surface area contributed by atoms with Gasteiger partial charge in [0, 0.05) is 16.1 Å². The van der Waals surface area contributed by atoms with Gasteiger partial charge in [-0.05, 0) is 37.6 Å². The quantitative estimate of drug-likeness (QED) is 0.575. The molecule has 1 heterocycles. The fourth-order valence-corrected chi connectivity index (χ4v) is 1.80. The summed E-state index contributed by atoms with van der Waals surface area (Å²) >= 11 is 6.04. The third-order valence-corrected chi connectivity index (χ3v) is 2.86. The third kappa shape index (κ3) is 1.64. The van der Waals surface area contributed by atoms with Gasteiger partial charge in [0.1, 0.15) is 0 Å². The van der Waals surface area contributed by atoms with E-state index in [0.717, 1.165) is 32.9 Å². The zero-order valence-electron chi connectivity index (χ0n) is 8.63. The van der Waals surface area contributed by atoms with Crippen LogP contribution in [0, 0.1) is 13.8 Å². The van der Waals surface area contributed by atoms with Crippen molar-refractivity contribution in [2.24, 2.45) is 5.84 Å². The number of nitrogens with two attached hydrogens (primary N) is 1. The summed E-state index contributed by atoms with van der Waals surface area (Å²) in [6.07, 6.45) is 0. The first kappa shape index (κ1) is 10.2. The van der Waals surface area contributed by atoms with Crippen molar-refractivity contribution in [1.29, 1.82) is 0 Å². The SMILES string of the molecule is Cc1cc(NN)c2ccc(Cl)c(C)c2n1. The highest BCUT2D eigenvalue weighted by molar-refractivity contribution is 6.32. The van der Waals surface area contributed by atoms with Crippen LogP contribution in [0.3, 0.4) is 0 Å². The van der Waals surface area contributed by atoms with Gasteiger partial charge in [0.05, 0.1) is 11.2 Å². The molecular weight excluding hydrogens is 210 g/mol. The first-order valence-corrected chi connectivity index (χ1v) is 5.04. The van der Waals surface area contributed by atoms with Gasteiger partial charge in [-0.2, -0.15) is 0 Å². The molecule has 3 nitrogen and oxygen atoms in total. The highest BCUT2D eigenvalue weighted by Crippen LogP contribution is 2.28. The van der Waals surface area contributed by atoms with Crippen molar-refractivity contribution in [3.63, 3.8) is 0 Å². The topological polar surface area (TPSA) is 50.9 Å². The highest BCUT2D eigenvalue weighted by Gasteiger charge is 2.07. The number of aromatic nitrogens is 1. The average molecular weight is 222 g/mol. The number of halogens is 1. The van der Waals surface area contributed by atoms with Gasteiger partial charge in [-0.15, -0.1) is 0 Å². The van der Waals surface area contributed by atoms with Crippen molar-refractivity contribution in [2.75, 3.05) is 5.43 Å². The number of pyridine rings is 1. The fraction of sp³-hybridized carbons (Fsp3) is 0.182. The summed E-state index contributed by atoms with van der Waals surface area (Å²) in [7, 11) is 0. The van der Waals surface area contributed by atoms with Crippen LogP contribution in [0.4, 0.5) is 5.69 Å². The smallest absolute Gasteiger partial charge is 0.0770 e. The van der Waals surface area contributed by atoms with Gasteiger partial charge in [-0.3, -0.25) is 10.8 Å². The predicted octanol–water partition coefficient (Wildman–Crippen LogP) is 2.79. The average Bonchev–Trinajstić information content (AvgIpc) is 2.23. The molecule has 78 valence electrons. The molecule has 0 amide bonds. The molecule has 0 fully saturated rings. The van der Waals surface area contributed by atoms with Crippen molar-refractivity contribution in [3.05, 3.63) is 34.5 Å². The van der Waals surface area contributed by atoms with E-state index in [1.54, 1.807) is 0 Å². The number of nitrogen functional groups attached to an aromatic ring is 1. The minimum Gasteiger partial charge on any atom is -0.323 e. The lowest BCUT2D eigenvalue weighted by Gasteiger charge is -2.09. The Morgan fingerprint density at radius 2 is 2.07 bits per heavy atom. The molecule has 0 aliphatic carbocycles. The number of hydrazine groups is 1. The summed E-state index contributed by atoms with van der Waals surface area (Å²) in [5, 5.41) is 1.72. The van der Waals surface area contributed by atoms with Gasteiger partial charge >= 0.3 is 0 Å². The number of hydrogen-bond acceptors (Lipinski definition) is 3. The molecule has 0 atom stereocenters. The van der Waals surface area contributed by atoms with E-state index >= 15 is 0 Å². The van der Waals surface area contributed by atoms with Crippen molar-refractivity contribution in [1.82, 2.24) is 4.98 Å². The van der Waals surface area contributed by atoms with E-state index in [1.165, 1.54) is 0 Å². The Balaban J connectivity index is 2.89. The lowest BCUT2D eigenvalue weighted by atomic mass is 10.1. The molecule has 0 saturated carbocycles. The summed E-state index contributed by atoms with van der Waals surface area (Å²) < 4.78 is 0. The molecule has 1 aromatic carbocycles. The number of nitrogens with one attached hydrogen (secondary N) is 1. The lowest BCUT2D eigenvalue weighted by Crippen LogP contribution is -2.08. The largest absolute Gasteiger partial charge is 0.323 e. The maximum atomic E-state index is 6.04. The molecule has 2 rings (SSSR count). The van der Waals surface area contributed by atoms with E-state index in [-0.39, 0.29) is 0 Å². The molecule has 0 bridgehead atoms. The van der Waals surface area contributed by atoms with Crippen molar-refractivity contribution < 1.29 is 0 Å². The van der Waals surface area contributed by atoms with Crippen LogP contribution in [0.25, 0.3) is 10.9 Å². The monoisotopic (exact) mass is 221 g/mol. The Bertz CT molecular complexity index is 523. The molecule has 15 heavy (non-hydrogen) atoms. The fourth-order valence-electron chi connectivity index (χ4n) is 1.65. The minimum atomic E-state index is 0.726. The molecular formula is C11H12ClN3. The Morgan fingerprint density at radius 1 is 1.33 bits per heavy atom. The number of benzene rings is 1. The first-order valence-electron chi connectivity index (χ1n) is 4.66. The summed E-state index contributed by atoms with van der Waals surface area (Å²) in [4.78, 5) is 4.46. The molecule has 4 heteroatoms. The van der Waals surface area contributed by atoms with Crippen molar-refractivity contribution >= 4 is 28.2 Å². The second kappa shape index (κ2) is 3.68. The van der Waals surface area contributed by atoms with Gasteiger partial charge in [-0.1, -0.05) is 11.6 Å². The second-order valence-electron chi connectivity index (χ2n) is 3.52. The summed E-state index contributed by atoms with van der Waals surface area (Å²) in [5.41, 5.74) is 6.34. The van der Waals surface area contributed by atoms with E-state index in [0.29, 0.717) is 0 Å². The molecule has 0 unspecified atom stereocenters. The molecule has 0 radical (unpaired) electrons. The number of aryl methyl sites for hydroxylation is 2. The van der Waals surface area contributed by atoms with Crippen molar-refractivity contribution in [2.45, 2.75) is 13.8 Å². The lowest BCUT2D eigenvalue weighted by molar-refractivity contribution is 1.23. The molecule has 0 aliphatic rings. The molecule has 0 aliphatic heterocycles. The standard InChI is InChI=1S/C11H12ClN3/c1-6-5-10(15-13)8-3-4-9(12)7(2)11(8)14-6/h3-5H,13H2,1-2H3,(H,14,15). The van der Waals surface area contributed by atoms with Gasteiger partial charge < -0.3 is 5.43 Å². The second-order valence-corrected chi connectivity index (χ2v) is 3.93. The van der Waals surface area contributed by atoms with E-state index in [2.05, 4.69) is 10.4 Å². The van der Waals surface area contributed by atoms with Crippen LogP contribution >= 0.6 is 11.6 Å². The normalized spacial score (nSPS) is 10.7. The maximum Gasteiger partial charge on any atom is 0.0770 e. The van der Waals surface area contributed by atoms with Gasteiger partial charge in [-0.25, -0.2) is 0 Å². The third-order valence-electron chi connectivity index (χ3n) is 2.45. The number of nitrogens with zero attached hydrogens (tertiary/aromatic N) is 1. The van der Waals surface area contributed by atoms with E-state index in [9.17, 15) is 0 Å². The van der Waals surface area contributed by atoms with Crippen LogP contribution in [0.1, 0.15) is 11.3 Å². The Morgan fingerprint density at radius 3 is 2.73 bits per heavy atom. The predicted molar refractivity (Wildman–Crippen MR) is 64.0 cm³/mol. The summed E-state index contributed by atoms with van der Waals surface area (Å²) in [5.74, 6) is 5.46.